The zero-order chi connectivity index (χ0) is 15.1. The van der Waals surface area contributed by atoms with Crippen LogP contribution < -0.4 is 4.90 Å². The Kier molecular flexibility index (Phi) is 5.94. The highest BCUT2D eigenvalue weighted by atomic mass is 16.5. The van der Waals surface area contributed by atoms with Crippen LogP contribution in [0.5, 0.6) is 0 Å². The van der Waals surface area contributed by atoms with Gasteiger partial charge in [0.05, 0.1) is 18.0 Å². The number of nitrogens with zero attached hydrogens (tertiary/aromatic N) is 4. The second kappa shape index (κ2) is 7.94. The fourth-order valence-corrected chi connectivity index (χ4v) is 2.91. The van der Waals surface area contributed by atoms with Crippen LogP contribution in [0.1, 0.15) is 38.3 Å². The molecule has 0 spiro atoms. The average Bonchev–Trinajstić information content (AvgIpc) is 2.54. The smallest absolute Gasteiger partial charge is 0.147 e. The molecule has 2 heterocycles. The molecule has 1 aliphatic heterocycles. The quantitative estimate of drug-likeness (QED) is 0.753. The maximum absolute atomic E-state index is 9.12. The Morgan fingerprint density at radius 2 is 2.33 bits per heavy atom. The molecule has 0 bridgehead atoms. The Balaban J connectivity index is 2.06. The number of aromatic nitrogens is 2. The van der Waals surface area contributed by atoms with Crippen molar-refractivity contribution in [3.63, 3.8) is 0 Å². The summed E-state index contributed by atoms with van der Waals surface area (Å²) in [5, 5.41) is 9.12. The average molecular weight is 288 g/mol. The van der Waals surface area contributed by atoms with Crippen molar-refractivity contribution in [3.05, 3.63) is 18.1 Å². The first kappa shape index (κ1) is 15.7. The molecule has 1 aromatic rings. The number of nitriles is 1. The van der Waals surface area contributed by atoms with Crippen molar-refractivity contribution in [1.29, 1.82) is 5.26 Å². The van der Waals surface area contributed by atoms with Crippen molar-refractivity contribution in [2.45, 2.75) is 45.1 Å². The van der Waals surface area contributed by atoms with Crippen LogP contribution in [0.4, 0.5) is 5.82 Å². The Morgan fingerprint density at radius 3 is 3.05 bits per heavy atom. The third-order valence-electron chi connectivity index (χ3n) is 4.12. The molecule has 0 amide bonds. The second-order valence-corrected chi connectivity index (χ2v) is 5.57. The van der Waals surface area contributed by atoms with Gasteiger partial charge in [0.1, 0.15) is 5.82 Å². The van der Waals surface area contributed by atoms with Gasteiger partial charge in [-0.3, -0.25) is 4.98 Å². The highest BCUT2D eigenvalue weighted by molar-refractivity contribution is 5.39. The van der Waals surface area contributed by atoms with Gasteiger partial charge in [-0.25, -0.2) is 4.98 Å². The number of rotatable bonds is 6. The summed E-state index contributed by atoms with van der Waals surface area (Å²) in [5.74, 6) is 1.14. The predicted molar refractivity (Wildman–Crippen MR) is 82.0 cm³/mol. The second-order valence-electron chi connectivity index (χ2n) is 5.57. The van der Waals surface area contributed by atoms with Gasteiger partial charge in [-0.15, -0.1) is 0 Å². The summed E-state index contributed by atoms with van der Waals surface area (Å²) in [5.41, 5.74) is 1.02. The SMILES string of the molecule is CCC1CC(C#N)CCN1c1cncc(CCCOC)n1. The fraction of sp³-hybridized carbons (Fsp3) is 0.688. The molecule has 0 aliphatic carbocycles. The molecule has 5 nitrogen and oxygen atoms in total. The van der Waals surface area contributed by atoms with E-state index in [-0.39, 0.29) is 5.92 Å². The molecular formula is C16H24N4O. The van der Waals surface area contributed by atoms with Gasteiger partial charge < -0.3 is 9.64 Å². The molecular weight excluding hydrogens is 264 g/mol. The number of anilines is 1. The standard InChI is InChI=1S/C16H24N4O/c1-3-15-9-13(10-17)6-7-20(15)16-12-18-11-14(19-16)5-4-8-21-2/h11-13,15H,3-9H2,1-2H3. The first-order valence-electron chi connectivity index (χ1n) is 7.74. The van der Waals surface area contributed by atoms with Gasteiger partial charge in [0.2, 0.25) is 0 Å². The van der Waals surface area contributed by atoms with Crippen LogP contribution in [0.15, 0.2) is 12.4 Å². The number of methoxy groups -OCH3 is 1. The summed E-state index contributed by atoms with van der Waals surface area (Å²) in [7, 11) is 1.72. The van der Waals surface area contributed by atoms with E-state index in [9.17, 15) is 0 Å². The number of ether oxygens (including phenoxy) is 1. The van der Waals surface area contributed by atoms with E-state index in [1.165, 1.54) is 0 Å². The van der Waals surface area contributed by atoms with Crippen LogP contribution in [0.25, 0.3) is 0 Å². The Hall–Kier alpha value is -1.67. The third kappa shape index (κ3) is 4.15. The largest absolute Gasteiger partial charge is 0.385 e. The van der Waals surface area contributed by atoms with Crippen LogP contribution in [-0.4, -0.2) is 36.3 Å². The predicted octanol–water partition coefficient (Wildman–Crippen LogP) is 2.57. The Bertz CT molecular complexity index is 485. The van der Waals surface area contributed by atoms with Crippen LogP contribution in [0.2, 0.25) is 0 Å². The fourth-order valence-electron chi connectivity index (χ4n) is 2.91. The third-order valence-corrected chi connectivity index (χ3v) is 4.12. The van der Waals surface area contributed by atoms with Crippen molar-refractivity contribution < 1.29 is 4.74 Å². The maximum atomic E-state index is 9.12. The van der Waals surface area contributed by atoms with Crippen molar-refractivity contribution in [1.82, 2.24) is 9.97 Å². The first-order chi connectivity index (χ1) is 10.3. The number of hydrogen-bond donors (Lipinski definition) is 0. The summed E-state index contributed by atoms with van der Waals surface area (Å²) in [6, 6.07) is 2.80. The minimum atomic E-state index is 0.184. The number of piperidine rings is 1. The molecule has 1 fully saturated rings. The Labute approximate surface area is 127 Å². The molecule has 5 heteroatoms. The van der Waals surface area contributed by atoms with Gasteiger partial charge in [-0.05, 0) is 32.1 Å². The lowest BCUT2D eigenvalue weighted by molar-refractivity contribution is 0.195. The molecule has 1 aliphatic rings. The van der Waals surface area contributed by atoms with E-state index < -0.39 is 0 Å². The molecule has 2 unspecified atom stereocenters. The zero-order valence-electron chi connectivity index (χ0n) is 13.0. The zero-order valence-corrected chi connectivity index (χ0v) is 13.0. The summed E-state index contributed by atoms with van der Waals surface area (Å²) in [4.78, 5) is 11.4. The van der Waals surface area contributed by atoms with E-state index in [1.54, 1.807) is 7.11 Å². The summed E-state index contributed by atoms with van der Waals surface area (Å²) in [6.45, 7) is 3.82. The van der Waals surface area contributed by atoms with Crippen molar-refractivity contribution >= 4 is 5.82 Å². The lowest BCUT2D eigenvalue weighted by Crippen LogP contribution is -2.42. The van der Waals surface area contributed by atoms with Crippen LogP contribution in [0, 0.1) is 17.2 Å². The summed E-state index contributed by atoms with van der Waals surface area (Å²) < 4.78 is 5.08. The molecule has 21 heavy (non-hydrogen) atoms. The topological polar surface area (TPSA) is 62.0 Å². The summed E-state index contributed by atoms with van der Waals surface area (Å²) in [6.07, 6.45) is 8.42. The van der Waals surface area contributed by atoms with E-state index in [4.69, 9.17) is 15.0 Å². The molecule has 2 rings (SSSR count). The highest BCUT2D eigenvalue weighted by Gasteiger charge is 2.28. The monoisotopic (exact) mass is 288 g/mol. The first-order valence-corrected chi connectivity index (χ1v) is 7.74. The van der Waals surface area contributed by atoms with Crippen LogP contribution in [-0.2, 0) is 11.2 Å². The lowest BCUT2D eigenvalue weighted by Gasteiger charge is -2.38. The van der Waals surface area contributed by atoms with Crippen molar-refractivity contribution in [2.24, 2.45) is 5.92 Å². The van der Waals surface area contributed by atoms with E-state index in [1.807, 2.05) is 12.4 Å². The van der Waals surface area contributed by atoms with E-state index in [2.05, 4.69) is 22.9 Å². The van der Waals surface area contributed by atoms with Gasteiger partial charge in [0.15, 0.2) is 0 Å². The lowest BCUT2D eigenvalue weighted by atomic mass is 9.91. The molecule has 1 saturated heterocycles. The minimum Gasteiger partial charge on any atom is -0.385 e. The molecule has 1 aromatic heterocycles. The molecule has 114 valence electrons. The Morgan fingerprint density at radius 1 is 1.48 bits per heavy atom. The van der Waals surface area contributed by atoms with E-state index in [0.29, 0.717) is 6.04 Å². The van der Waals surface area contributed by atoms with E-state index in [0.717, 1.165) is 56.8 Å². The van der Waals surface area contributed by atoms with Gasteiger partial charge in [-0.2, -0.15) is 5.26 Å². The van der Waals surface area contributed by atoms with Gasteiger partial charge >= 0.3 is 0 Å². The highest BCUT2D eigenvalue weighted by Crippen LogP contribution is 2.28. The maximum Gasteiger partial charge on any atom is 0.147 e. The minimum absolute atomic E-state index is 0.184. The molecule has 0 radical (unpaired) electrons. The van der Waals surface area contributed by atoms with Gasteiger partial charge in [0, 0.05) is 38.4 Å². The van der Waals surface area contributed by atoms with Gasteiger partial charge in [-0.1, -0.05) is 6.92 Å². The summed E-state index contributed by atoms with van der Waals surface area (Å²) >= 11 is 0. The van der Waals surface area contributed by atoms with Crippen LogP contribution >= 0.6 is 0 Å². The number of aryl methyl sites for hydroxylation is 1. The number of hydrogen-bond acceptors (Lipinski definition) is 5. The van der Waals surface area contributed by atoms with Crippen molar-refractivity contribution in [3.8, 4) is 6.07 Å². The molecule has 2 atom stereocenters. The molecule has 0 N–H and O–H groups in total. The van der Waals surface area contributed by atoms with Gasteiger partial charge in [0.25, 0.3) is 0 Å². The molecule has 0 aromatic carbocycles. The van der Waals surface area contributed by atoms with E-state index >= 15 is 0 Å². The van der Waals surface area contributed by atoms with Crippen molar-refractivity contribution in [2.75, 3.05) is 25.2 Å². The normalized spacial score (nSPS) is 22.0. The molecule has 0 saturated carbocycles. The van der Waals surface area contributed by atoms with Crippen LogP contribution in [0.3, 0.4) is 0 Å².